The molecule has 0 aromatic heterocycles. The van der Waals surface area contributed by atoms with Crippen molar-refractivity contribution in [1.29, 1.82) is 0 Å². The summed E-state index contributed by atoms with van der Waals surface area (Å²) in [6.07, 6.45) is 0.392. The van der Waals surface area contributed by atoms with E-state index in [0.717, 1.165) is 21.4 Å². The van der Waals surface area contributed by atoms with E-state index in [0.29, 0.717) is 31.5 Å². The quantitative estimate of drug-likeness (QED) is 0.0646. The van der Waals surface area contributed by atoms with Crippen LogP contribution in [0.2, 0.25) is 0 Å². The molecule has 9 N–H and O–H groups in total. The number of nitrogens with two attached hydrogens (primary N) is 3. The molecule has 3 aromatic carbocycles. The second-order valence-electron chi connectivity index (χ2n) is 9.73. The average molecular weight is 578 g/mol. The number of hydroxylamine groups is 2. The summed E-state index contributed by atoms with van der Waals surface area (Å²) >= 11 is 0. The predicted octanol–water partition coefficient (Wildman–Crippen LogP) is 2.93. The van der Waals surface area contributed by atoms with Crippen LogP contribution in [0.15, 0.2) is 77.8 Å². The second kappa shape index (κ2) is 16.6. The molecule has 224 valence electrons. The van der Waals surface area contributed by atoms with Crippen LogP contribution in [0.3, 0.4) is 0 Å². The van der Waals surface area contributed by atoms with E-state index >= 15 is 0 Å². The van der Waals surface area contributed by atoms with Crippen LogP contribution in [0, 0.1) is 0 Å². The van der Waals surface area contributed by atoms with Crippen molar-refractivity contribution < 1.29 is 24.3 Å². The Labute approximate surface area is 244 Å². The number of aliphatic imine (C=N–C) groups is 1. The zero-order valence-corrected chi connectivity index (χ0v) is 23.4. The first kappa shape index (κ1) is 31.8. The number of unbranched alkanes of at least 4 members (excludes halogenated alkanes) is 1. The van der Waals surface area contributed by atoms with Crippen LogP contribution in [-0.4, -0.2) is 59.2 Å². The highest BCUT2D eigenvalue weighted by atomic mass is 16.7. The summed E-state index contributed by atoms with van der Waals surface area (Å²) in [5.74, 6) is -1.29. The fourth-order valence-electron chi connectivity index (χ4n) is 4.42. The maximum Gasteiger partial charge on any atom is 0.405 e. The number of nitrogens with one attached hydrogen (secondary N) is 2. The van der Waals surface area contributed by atoms with Crippen LogP contribution in [-0.2, 0) is 21.0 Å². The third-order valence-electron chi connectivity index (χ3n) is 6.51. The lowest BCUT2D eigenvalue weighted by molar-refractivity contribution is -0.208. The molecule has 0 aliphatic rings. The van der Waals surface area contributed by atoms with Crippen LogP contribution in [0.25, 0.3) is 10.8 Å². The molecule has 12 nitrogen and oxygen atoms in total. The first-order valence-corrected chi connectivity index (χ1v) is 13.8. The minimum atomic E-state index is -1.37. The number of anilines is 1. The molecule has 0 bridgehead atoms. The molecule has 0 unspecified atom stereocenters. The Morgan fingerprint density at radius 3 is 2.31 bits per heavy atom. The molecular formula is C30H39N7O5. The molecule has 3 rings (SSSR count). The van der Waals surface area contributed by atoms with Crippen molar-refractivity contribution in [3.8, 4) is 0 Å². The molecule has 12 heteroatoms. The molecule has 0 saturated carbocycles. The van der Waals surface area contributed by atoms with E-state index in [-0.39, 0.29) is 32.0 Å². The van der Waals surface area contributed by atoms with Gasteiger partial charge in [0.25, 0.3) is 5.91 Å². The number of rotatable bonds is 16. The summed E-state index contributed by atoms with van der Waals surface area (Å²) in [5.41, 5.74) is 17.8. The standard InChI is InChI=1S/C30H39N7O5/c31-17-7-6-13-25(36-30(40)41)28(39)37(42-20-21-9-2-1-3-10-21)26(14-8-18-34-29(32)33)27(38)35-24-16-15-22-11-4-5-12-23(22)19-24/h1-5,9-12,15-16,19,25-26,36H,6-8,13-14,17-18,20,31H2,(H,35,38)(H,40,41)(H4,32,33,34)/t25-,26-/m0/s1. The van der Waals surface area contributed by atoms with Gasteiger partial charge in [0.05, 0.1) is 0 Å². The molecule has 0 heterocycles. The summed E-state index contributed by atoms with van der Waals surface area (Å²) < 4.78 is 0. The fraction of sp³-hybridized carbons (Fsp3) is 0.333. The number of benzene rings is 3. The van der Waals surface area contributed by atoms with Crippen molar-refractivity contribution in [3.63, 3.8) is 0 Å². The van der Waals surface area contributed by atoms with Gasteiger partial charge in [0, 0.05) is 12.2 Å². The molecule has 0 aliphatic heterocycles. The molecule has 3 amide bonds. The van der Waals surface area contributed by atoms with Crippen LogP contribution in [0.4, 0.5) is 10.5 Å². The van der Waals surface area contributed by atoms with E-state index in [4.69, 9.17) is 22.0 Å². The van der Waals surface area contributed by atoms with E-state index < -0.39 is 30.0 Å². The molecule has 0 saturated heterocycles. The zero-order valence-electron chi connectivity index (χ0n) is 23.4. The molecule has 0 spiro atoms. The Morgan fingerprint density at radius 2 is 1.62 bits per heavy atom. The van der Waals surface area contributed by atoms with E-state index in [2.05, 4.69) is 15.6 Å². The van der Waals surface area contributed by atoms with Gasteiger partial charge in [0.15, 0.2) is 5.96 Å². The lowest BCUT2D eigenvalue weighted by atomic mass is 10.1. The monoisotopic (exact) mass is 577 g/mol. The van der Waals surface area contributed by atoms with Gasteiger partial charge < -0.3 is 32.9 Å². The third kappa shape index (κ3) is 10.1. The zero-order chi connectivity index (χ0) is 30.3. The van der Waals surface area contributed by atoms with Gasteiger partial charge in [-0.3, -0.25) is 19.4 Å². The highest BCUT2D eigenvalue weighted by Crippen LogP contribution is 2.21. The third-order valence-corrected chi connectivity index (χ3v) is 6.51. The van der Waals surface area contributed by atoms with Crippen molar-refractivity contribution >= 4 is 40.3 Å². The van der Waals surface area contributed by atoms with Crippen molar-refractivity contribution in [2.75, 3.05) is 18.4 Å². The smallest absolute Gasteiger partial charge is 0.405 e. The Balaban J connectivity index is 1.94. The normalized spacial score (nSPS) is 12.2. The molecule has 0 radical (unpaired) electrons. The highest BCUT2D eigenvalue weighted by molar-refractivity contribution is 5.99. The fourth-order valence-corrected chi connectivity index (χ4v) is 4.42. The topological polar surface area (TPSA) is 198 Å². The van der Waals surface area contributed by atoms with Crippen molar-refractivity contribution in [3.05, 3.63) is 78.4 Å². The number of fused-ring (bicyclic) bond motifs is 1. The number of carbonyl (C=O) groups is 3. The molecule has 0 fully saturated rings. The Morgan fingerprint density at radius 1 is 0.905 bits per heavy atom. The van der Waals surface area contributed by atoms with Gasteiger partial charge in [-0.15, -0.1) is 0 Å². The summed E-state index contributed by atoms with van der Waals surface area (Å²) in [5, 5.41) is 17.6. The lowest BCUT2D eigenvalue weighted by Crippen LogP contribution is -2.54. The highest BCUT2D eigenvalue weighted by Gasteiger charge is 2.35. The second-order valence-corrected chi connectivity index (χ2v) is 9.73. The Kier molecular flexibility index (Phi) is 12.5. The van der Waals surface area contributed by atoms with Crippen LogP contribution in [0.5, 0.6) is 0 Å². The van der Waals surface area contributed by atoms with Crippen molar-refractivity contribution in [2.45, 2.75) is 50.8 Å². The Bertz CT molecular complexity index is 1350. The summed E-state index contributed by atoms with van der Waals surface area (Å²) in [7, 11) is 0. The van der Waals surface area contributed by atoms with Gasteiger partial charge in [0.2, 0.25) is 5.91 Å². The predicted molar refractivity (Wildman–Crippen MR) is 162 cm³/mol. The van der Waals surface area contributed by atoms with Crippen LogP contribution < -0.4 is 27.8 Å². The maximum atomic E-state index is 13.9. The van der Waals surface area contributed by atoms with Crippen LogP contribution >= 0.6 is 0 Å². The number of amides is 3. The van der Waals surface area contributed by atoms with Gasteiger partial charge in [-0.05, 0) is 67.1 Å². The van der Waals surface area contributed by atoms with Crippen molar-refractivity contribution in [2.24, 2.45) is 22.2 Å². The van der Waals surface area contributed by atoms with Gasteiger partial charge in [-0.25, -0.2) is 9.86 Å². The van der Waals surface area contributed by atoms with Crippen molar-refractivity contribution in [1.82, 2.24) is 10.4 Å². The SMILES string of the molecule is NCCCC[C@H](NC(=O)O)C(=O)N(OCc1ccccc1)[C@@H](CCCN=C(N)N)C(=O)Nc1ccc2ccccc2c1. The lowest BCUT2D eigenvalue weighted by Gasteiger charge is -2.32. The van der Waals surface area contributed by atoms with Crippen LogP contribution in [0.1, 0.15) is 37.7 Å². The maximum absolute atomic E-state index is 13.9. The van der Waals surface area contributed by atoms with Gasteiger partial charge >= 0.3 is 6.09 Å². The number of nitrogens with zero attached hydrogens (tertiary/aromatic N) is 2. The number of hydrogen-bond acceptors (Lipinski definition) is 6. The van der Waals surface area contributed by atoms with Gasteiger partial charge in [-0.2, -0.15) is 0 Å². The molecule has 42 heavy (non-hydrogen) atoms. The first-order chi connectivity index (χ1) is 20.3. The number of carbonyl (C=O) groups excluding carboxylic acids is 2. The molecule has 2 atom stereocenters. The number of hydrogen-bond donors (Lipinski definition) is 6. The summed E-state index contributed by atoms with van der Waals surface area (Å²) in [6, 6.07) is 20.1. The van der Waals surface area contributed by atoms with E-state index in [1.165, 1.54) is 0 Å². The number of carboxylic acid groups (broad SMARTS) is 1. The van der Waals surface area contributed by atoms with E-state index in [1.807, 2.05) is 66.7 Å². The molecule has 3 aromatic rings. The summed E-state index contributed by atoms with van der Waals surface area (Å²) in [4.78, 5) is 49.3. The largest absolute Gasteiger partial charge is 0.465 e. The number of guanidine groups is 1. The van der Waals surface area contributed by atoms with Gasteiger partial charge in [0.1, 0.15) is 18.7 Å². The summed E-state index contributed by atoms with van der Waals surface area (Å²) in [6.45, 7) is 0.586. The average Bonchev–Trinajstić information content (AvgIpc) is 2.97. The van der Waals surface area contributed by atoms with E-state index in [1.54, 1.807) is 6.07 Å². The molecular weight excluding hydrogens is 538 g/mol. The first-order valence-electron chi connectivity index (χ1n) is 13.8. The van der Waals surface area contributed by atoms with E-state index in [9.17, 15) is 19.5 Å². The van der Waals surface area contributed by atoms with Gasteiger partial charge in [-0.1, -0.05) is 60.7 Å². The Hall–Kier alpha value is -4.68. The molecule has 0 aliphatic carbocycles. The minimum Gasteiger partial charge on any atom is -0.465 e. The minimum absolute atomic E-state index is 0.0250.